The summed E-state index contributed by atoms with van der Waals surface area (Å²) in [5.74, 6) is 3.23. The van der Waals surface area contributed by atoms with Crippen LogP contribution in [-0.2, 0) is 10.2 Å². The molecule has 0 bridgehead atoms. The van der Waals surface area contributed by atoms with E-state index in [1.807, 2.05) is 6.07 Å². The zero-order valence-corrected chi connectivity index (χ0v) is 16.8. The fourth-order valence-electron chi connectivity index (χ4n) is 3.58. The summed E-state index contributed by atoms with van der Waals surface area (Å²) >= 11 is 0. The molecule has 0 radical (unpaired) electrons. The van der Waals surface area contributed by atoms with Gasteiger partial charge in [-0.1, -0.05) is 19.9 Å². The highest BCUT2D eigenvalue weighted by atomic mass is 16.7. The highest BCUT2D eigenvalue weighted by Crippen LogP contribution is 2.41. The van der Waals surface area contributed by atoms with Crippen molar-refractivity contribution < 1.29 is 14.2 Å². The van der Waals surface area contributed by atoms with E-state index >= 15 is 0 Å². The van der Waals surface area contributed by atoms with E-state index in [1.165, 1.54) is 5.56 Å². The molecule has 0 spiro atoms. The number of guanidine groups is 1. The fourth-order valence-corrected chi connectivity index (χ4v) is 3.58. The Balaban J connectivity index is 1.77. The Labute approximate surface area is 162 Å². The summed E-state index contributed by atoms with van der Waals surface area (Å²) in [6.45, 7) is 10.9. The van der Waals surface area contributed by atoms with Crippen LogP contribution in [-0.4, -0.2) is 45.6 Å². The van der Waals surface area contributed by atoms with Crippen molar-refractivity contribution in [2.45, 2.75) is 45.4 Å². The number of ether oxygens (including phenoxy) is 3. The lowest BCUT2D eigenvalue weighted by Gasteiger charge is -2.36. The molecule has 2 aliphatic heterocycles. The molecule has 150 valence electrons. The molecule has 2 heterocycles. The highest BCUT2D eigenvalue weighted by Gasteiger charge is 2.35. The second-order valence-corrected chi connectivity index (χ2v) is 7.77. The molecule has 1 aromatic rings. The van der Waals surface area contributed by atoms with E-state index in [1.54, 1.807) is 0 Å². The zero-order valence-electron chi connectivity index (χ0n) is 16.8. The van der Waals surface area contributed by atoms with Crippen LogP contribution in [0.5, 0.6) is 11.5 Å². The Morgan fingerprint density at radius 1 is 1.15 bits per heavy atom. The van der Waals surface area contributed by atoms with Gasteiger partial charge < -0.3 is 24.8 Å². The molecule has 2 aliphatic rings. The van der Waals surface area contributed by atoms with Gasteiger partial charge in [-0.3, -0.25) is 4.99 Å². The summed E-state index contributed by atoms with van der Waals surface area (Å²) in [6, 6.07) is 6.31. The van der Waals surface area contributed by atoms with Crippen molar-refractivity contribution in [1.82, 2.24) is 10.6 Å². The molecule has 27 heavy (non-hydrogen) atoms. The van der Waals surface area contributed by atoms with Crippen LogP contribution in [0.4, 0.5) is 0 Å². The molecule has 6 heteroatoms. The van der Waals surface area contributed by atoms with Crippen molar-refractivity contribution in [3.63, 3.8) is 0 Å². The maximum Gasteiger partial charge on any atom is 0.231 e. The van der Waals surface area contributed by atoms with Crippen LogP contribution in [0.25, 0.3) is 0 Å². The lowest BCUT2D eigenvalue weighted by atomic mass is 9.74. The molecule has 3 rings (SSSR count). The normalized spacial score (nSPS) is 18.6. The first-order valence-corrected chi connectivity index (χ1v) is 10.1. The van der Waals surface area contributed by atoms with Crippen molar-refractivity contribution in [1.29, 1.82) is 0 Å². The van der Waals surface area contributed by atoms with E-state index < -0.39 is 0 Å². The zero-order chi connectivity index (χ0) is 19.1. The number of hydrogen-bond donors (Lipinski definition) is 2. The number of fused-ring (bicyclic) bond motifs is 1. The minimum atomic E-state index is -0.0281. The second-order valence-electron chi connectivity index (χ2n) is 7.77. The van der Waals surface area contributed by atoms with Gasteiger partial charge in [-0.05, 0) is 49.8 Å². The van der Waals surface area contributed by atoms with E-state index in [9.17, 15) is 0 Å². The summed E-state index contributed by atoms with van der Waals surface area (Å²) in [5, 5.41) is 6.83. The van der Waals surface area contributed by atoms with Crippen LogP contribution in [0.2, 0.25) is 0 Å². The molecule has 0 aromatic heterocycles. The quantitative estimate of drug-likeness (QED) is 0.566. The van der Waals surface area contributed by atoms with Crippen LogP contribution < -0.4 is 20.1 Å². The molecule has 0 unspecified atom stereocenters. The number of benzene rings is 1. The van der Waals surface area contributed by atoms with E-state index in [0.29, 0.717) is 12.7 Å². The lowest BCUT2D eigenvalue weighted by Crippen LogP contribution is -2.41. The van der Waals surface area contributed by atoms with Gasteiger partial charge >= 0.3 is 0 Å². The average Bonchev–Trinajstić information content (AvgIpc) is 3.14. The second kappa shape index (κ2) is 9.31. The van der Waals surface area contributed by atoms with E-state index in [-0.39, 0.29) is 5.41 Å². The summed E-state index contributed by atoms with van der Waals surface area (Å²) < 4.78 is 16.7. The standard InChI is InChI=1S/C21H33N3O3/c1-4-22-20(23-10-7-16(2)3)24-14-21(8-11-25-12-9-21)17-5-6-18-19(13-17)27-15-26-18/h5-6,13,16H,4,7-12,14-15H2,1-3H3,(H2,22,23,24). The maximum atomic E-state index is 5.65. The number of nitrogens with zero attached hydrogens (tertiary/aromatic N) is 1. The SMILES string of the molecule is CCNC(=NCC1(c2ccc3c(c2)OCO3)CCOCC1)NCCC(C)C. The third kappa shape index (κ3) is 5.06. The van der Waals surface area contributed by atoms with Crippen LogP contribution in [0, 0.1) is 5.92 Å². The first kappa shape index (κ1) is 19.8. The number of hydrogen-bond acceptors (Lipinski definition) is 4. The van der Waals surface area contributed by atoms with Crippen molar-refractivity contribution in [3.05, 3.63) is 23.8 Å². The Bertz CT molecular complexity index is 640. The van der Waals surface area contributed by atoms with Crippen molar-refractivity contribution in [2.75, 3.05) is 39.6 Å². The Morgan fingerprint density at radius 3 is 2.67 bits per heavy atom. The summed E-state index contributed by atoms with van der Waals surface area (Å²) in [7, 11) is 0. The molecule has 0 saturated carbocycles. The van der Waals surface area contributed by atoms with Crippen LogP contribution in [0.3, 0.4) is 0 Å². The Kier molecular flexibility index (Phi) is 6.83. The van der Waals surface area contributed by atoms with Gasteiger partial charge in [-0.15, -0.1) is 0 Å². The smallest absolute Gasteiger partial charge is 0.231 e. The van der Waals surface area contributed by atoms with E-state index in [4.69, 9.17) is 19.2 Å². The van der Waals surface area contributed by atoms with Gasteiger partial charge in [-0.2, -0.15) is 0 Å². The van der Waals surface area contributed by atoms with Gasteiger partial charge in [0.1, 0.15) is 0 Å². The monoisotopic (exact) mass is 375 g/mol. The first-order valence-electron chi connectivity index (χ1n) is 10.1. The largest absolute Gasteiger partial charge is 0.454 e. The van der Waals surface area contributed by atoms with Crippen LogP contribution in [0.1, 0.15) is 45.6 Å². The highest BCUT2D eigenvalue weighted by molar-refractivity contribution is 5.79. The fraction of sp³-hybridized carbons (Fsp3) is 0.667. The average molecular weight is 376 g/mol. The van der Waals surface area contributed by atoms with Crippen molar-refractivity contribution >= 4 is 5.96 Å². The number of rotatable bonds is 7. The molecule has 0 aliphatic carbocycles. The Morgan fingerprint density at radius 2 is 1.93 bits per heavy atom. The van der Waals surface area contributed by atoms with Gasteiger partial charge in [0.05, 0.1) is 6.54 Å². The molecule has 0 atom stereocenters. The maximum absolute atomic E-state index is 5.65. The van der Waals surface area contributed by atoms with Gasteiger partial charge in [0.25, 0.3) is 0 Å². The Hall–Kier alpha value is -1.95. The molecule has 1 aromatic carbocycles. The summed E-state index contributed by atoms with van der Waals surface area (Å²) in [5.41, 5.74) is 1.23. The molecule has 0 amide bonds. The van der Waals surface area contributed by atoms with Crippen molar-refractivity contribution in [2.24, 2.45) is 10.9 Å². The molecule has 1 saturated heterocycles. The topological polar surface area (TPSA) is 64.1 Å². The lowest BCUT2D eigenvalue weighted by molar-refractivity contribution is 0.0530. The van der Waals surface area contributed by atoms with Gasteiger partial charge in [0.15, 0.2) is 17.5 Å². The van der Waals surface area contributed by atoms with Gasteiger partial charge in [0, 0.05) is 31.7 Å². The third-order valence-corrected chi connectivity index (χ3v) is 5.33. The molecular formula is C21H33N3O3. The summed E-state index contributed by atoms with van der Waals surface area (Å²) in [6.07, 6.45) is 3.05. The third-order valence-electron chi connectivity index (χ3n) is 5.33. The number of nitrogens with one attached hydrogen (secondary N) is 2. The molecule has 2 N–H and O–H groups in total. The molecule has 1 fully saturated rings. The summed E-state index contributed by atoms with van der Waals surface area (Å²) in [4.78, 5) is 4.94. The number of aliphatic imine (C=N–C) groups is 1. The van der Waals surface area contributed by atoms with Crippen LogP contribution in [0.15, 0.2) is 23.2 Å². The predicted molar refractivity (Wildman–Crippen MR) is 108 cm³/mol. The predicted octanol–water partition coefficient (Wildman–Crippen LogP) is 3.06. The van der Waals surface area contributed by atoms with Gasteiger partial charge in [-0.25, -0.2) is 0 Å². The molecular weight excluding hydrogens is 342 g/mol. The van der Waals surface area contributed by atoms with Crippen LogP contribution >= 0.6 is 0 Å². The van der Waals surface area contributed by atoms with E-state index in [2.05, 4.69) is 43.5 Å². The van der Waals surface area contributed by atoms with Crippen molar-refractivity contribution in [3.8, 4) is 11.5 Å². The van der Waals surface area contributed by atoms with Gasteiger partial charge in [0.2, 0.25) is 6.79 Å². The minimum Gasteiger partial charge on any atom is -0.454 e. The first-order chi connectivity index (χ1) is 13.1. The van der Waals surface area contributed by atoms with E-state index in [0.717, 1.165) is 69.6 Å². The minimum absolute atomic E-state index is 0.0281. The molecule has 6 nitrogen and oxygen atoms in total.